The maximum atomic E-state index is 12.1. The van der Waals surface area contributed by atoms with Gasteiger partial charge in [0.05, 0.1) is 11.5 Å². The van der Waals surface area contributed by atoms with Crippen LogP contribution in [0.5, 0.6) is 0 Å². The molecule has 17 heavy (non-hydrogen) atoms. The molecule has 0 atom stereocenters. The Morgan fingerprint density at radius 3 is 2.76 bits per heavy atom. The summed E-state index contributed by atoms with van der Waals surface area (Å²) in [5.74, 6) is 0.0899. The molecule has 0 aliphatic rings. The molecule has 88 valence electrons. The summed E-state index contributed by atoms with van der Waals surface area (Å²) < 4.78 is 5.10. The molecule has 2 rings (SSSR count). The lowest BCUT2D eigenvalue weighted by molar-refractivity contribution is 0.104. The molecule has 0 saturated carbocycles. The topological polar surface area (TPSA) is 26.3 Å². The minimum absolute atomic E-state index is 0.0899. The van der Waals surface area contributed by atoms with Gasteiger partial charge in [-0.05, 0) is 35.6 Å². The van der Waals surface area contributed by atoms with Crippen LogP contribution < -0.4 is 0 Å². The van der Waals surface area contributed by atoms with Crippen molar-refractivity contribution < 1.29 is 9.53 Å². The van der Waals surface area contributed by atoms with Gasteiger partial charge in [0.15, 0.2) is 0 Å². The number of thiophene rings is 1. The number of carbonyl (C=O) groups excluding carboxylic acids is 1. The summed E-state index contributed by atoms with van der Waals surface area (Å²) in [7, 11) is 1.67. The number of benzene rings is 1. The van der Waals surface area contributed by atoms with E-state index in [4.69, 9.17) is 4.74 Å². The number of hydrogen-bond acceptors (Lipinski definition) is 3. The van der Waals surface area contributed by atoms with Gasteiger partial charge in [-0.25, -0.2) is 0 Å². The zero-order valence-corrected chi connectivity index (χ0v) is 10.7. The third kappa shape index (κ3) is 2.62. The van der Waals surface area contributed by atoms with Crippen LogP contribution in [0.3, 0.4) is 0 Å². The third-order valence-electron chi connectivity index (χ3n) is 2.65. The summed E-state index contributed by atoms with van der Waals surface area (Å²) in [5.41, 5.74) is 2.95. The molecule has 0 N–H and O–H groups in total. The number of ether oxygens (including phenoxy) is 1. The fraction of sp³-hybridized carbons (Fsp3) is 0.214. The average molecular weight is 246 g/mol. The van der Waals surface area contributed by atoms with Crippen molar-refractivity contribution in [3.8, 4) is 0 Å². The van der Waals surface area contributed by atoms with E-state index in [0.717, 1.165) is 21.6 Å². The molecule has 1 aromatic heterocycles. The average Bonchev–Trinajstić information content (AvgIpc) is 2.84. The molecule has 2 aromatic rings. The van der Waals surface area contributed by atoms with Gasteiger partial charge >= 0.3 is 0 Å². The fourth-order valence-corrected chi connectivity index (χ4v) is 2.39. The van der Waals surface area contributed by atoms with Crippen molar-refractivity contribution in [2.24, 2.45) is 0 Å². The molecule has 3 heteroatoms. The lowest BCUT2D eigenvalue weighted by Crippen LogP contribution is -2.01. The highest BCUT2D eigenvalue weighted by Gasteiger charge is 2.11. The van der Waals surface area contributed by atoms with Crippen LogP contribution in [0.1, 0.15) is 26.4 Å². The normalized spacial score (nSPS) is 10.5. The Labute approximate surface area is 105 Å². The van der Waals surface area contributed by atoms with Gasteiger partial charge in [0.1, 0.15) is 0 Å². The van der Waals surface area contributed by atoms with Gasteiger partial charge in [-0.2, -0.15) is 0 Å². The van der Waals surface area contributed by atoms with Crippen LogP contribution in [-0.2, 0) is 11.3 Å². The van der Waals surface area contributed by atoms with E-state index in [1.165, 1.54) is 11.3 Å². The number of carbonyl (C=O) groups is 1. The molecule has 0 unspecified atom stereocenters. The summed E-state index contributed by atoms with van der Waals surface area (Å²) in [5, 5.41) is 1.92. The lowest BCUT2D eigenvalue weighted by atomic mass is 10.0. The smallest absolute Gasteiger partial charge is 0.202 e. The van der Waals surface area contributed by atoms with Crippen molar-refractivity contribution >= 4 is 17.1 Å². The second kappa shape index (κ2) is 5.25. The molecular weight excluding hydrogens is 232 g/mol. The van der Waals surface area contributed by atoms with Crippen molar-refractivity contribution in [3.63, 3.8) is 0 Å². The Morgan fingerprint density at radius 2 is 2.18 bits per heavy atom. The zero-order chi connectivity index (χ0) is 12.3. The first-order valence-corrected chi connectivity index (χ1v) is 6.27. The van der Waals surface area contributed by atoms with Gasteiger partial charge in [0.2, 0.25) is 5.78 Å². The molecule has 2 nitrogen and oxygen atoms in total. The van der Waals surface area contributed by atoms with Crippen molar-refractivity contribution in [1.29, 1.82) is 0 Å². The minimum Gasteiger partial charge on any atom is -0.380 e. The quantitative estimate of drug-likeness (QED) is 0.772. The van der Waals surface area contributed by atoms with Crippen LogP contribution >= 0.6 is 11.3 Å². The first-order valence-electron chi connectivity index (χ1n) is 5.39. The second-order valence-electron chi connectivity index (χ2n) is 3.88. The van der Waals surface area contributed by atoms with Crippen molar-refractivity contribution in [2.75, 3.05) is 7.11 Å². The highest BCUT2D eigenvalue weighted by atomic mass is 32.1. The maximum Gasteiger partial charge on any atom is 0.202 e. The molecule has 1 heterocycles. The van der Waals surface area contributed by atoms with E-state index in [1.807, 2.05) is 42.6 Å². The van der Waals surface area contributed by atoms with Crippen LogP contribution in [0.2, 0.25) is 0 Å². The van der Waals surface area contributed by atoms with Crippen molar-refractivity contribution in [2.45, 2.75) is 13.5 Å². The zero-order valence-electron chi connectivity index (χ0n) is 9.90. The van der Waals surface area contributed by atoms with Crippen LogP contribution in [0.4, 0.5) is 0 Å². The van der Waals surface area contributed by atoms with Gasteiger partial charge in [0.25, 0.3) is 0 Å². The summed E-state index contributed by atoms with van der Waals surface area (Å²) in [6.45, 7) is 2.58. The van der Waals surface area contributed by atoms with Crippen LogP contribution in [0, 0.1) is 6.92 Å². The van der Waals surface area contributed by atoms with E-state index in [1.54, 1.807) is 7.11 Å². The highest BCUT2D eigenvalue weighted by Crippen LogP contribution is 2.18. The molecule has 0 bridgehead atoms. The Bertz CT molecular complexity index is 515. The SMILES string of the molecule is COCc1ccc(C(=O)c2cccs2)cc1C. The van der Waals surface area contributed by atoms with E-state index in [0.29, 0.717) is 6.61 Å². The Hall–Kier alpha value is -1.45. The molecule has 0 aliphatic heterocycles. The predicted molar refractivity (Wildman–Crippen MR) is 69.6 cm³/mol. The second-order valence-corrected chi connectivity index (χ2v) is 4.83. The molecule has 0 aliphatic carbocycles. The van der Waals surface area contributed by atoms with E-state index < -0.39 is 0 Å². The number of ketones is 1. The molecule has 0 radical (unpaired) electrons. The van der Waals surface area contributed by atoms with E-state index in [2.05, 4.69) is 0 Å². The first kappa shape index (κ1) is 12.0. The number of aryl methyl sites for hydroxylation is 1. The van der Waals surface area contributed by atoms with Gasteiger partial charge in [-0.15, -0.1) is 11.3 Å². The first-order chi connectivity index (χ1) is 8.22. The molecular formula is C14H14O2S. The number of rotatable bonds is 4. The summed E-state index contributed by atoms with van der Waals surface area (Å²) >= 11 is 1.47. The predicted octanol–water partition coefficient (Wildman–Crippen LogP) is 3.43. The van der Waals surface area contributed by atoms with Crippen LogP contribution in [-0.4, -0.2) is 12.9 Å². The van der Waals surface area contributed by atoms with E-state index in [9.17, 15) is 4.79 Å². The molecule has 0 amide bonds. The van der Waals surface area contributed by atoms with Gasteiger partial charge in [0, 0.05) is 12.7 Å². The Morgan fingerprint density at radius 1 is 1.35 bits per heavy atom. The summed E-state index contributed by atoms with van der Waals surface area (Å²) in [4.78, 5) is 12.9. The lowest BCUT2D eigenvalue weighted by Gasteiger charge is -2.06. The Balaban J connectivity index is 2.29. The van der Waals surface area contributed by atoms with E-state index in [-0.39, 0.29) is 5.78 Å². The van der Waals surface area contributed by atoms with Crippen molar-refractivity contribution in [3.05, 3.63) is 57.3 Å². The summed E-state index contributed by atoms with van der Waals surface area (Å²) in [6, 6.07) is 9.49. The van der Waals surface area contributed by atoms with Crippen LogP contribution in [0.25, 0.3) is 0 Å². The molecule has 0 saturated heterocycles. The molecule has 1 aromatic carbocycles. The third-order valence-corrected chi connectivity index (χ3v) is 3.52. The molecule has 0 fully saturated rings. The largest absolute Gasteiger partial charge is 0.380 e. The summed E-state index contributed by atoms with van der Waals surface area (Å²) in [6.07, 6.45) is 0. The maximum absolute atomic E-state index is 12.1. The number of methoxy groups -OCH3 is 1. The van der Waals surface area contributed by atoms with Gasteiger partial charge in [-0.1, -0.05) is 18.2 Å². The highest BCUT2D eigenvalue weighted by molar-refractivity contribution is 7.12. The van der Waals surface area contributed by atoms with Gasteiger partial charge < -0.3 is 4.74 Å². The number of hydrogen-bond donors (Lipinski definition) is 0. The minimum atomic E-state index is 0.0899. The molecule has 0 spiro atoms. The Kier molecular flexibility index (Phi) is 3.71. The van der Waals surface area contributed by atoms with Gasteiger partial charge in [-0.3, -0.25) is 4.79 Å². The van der Waals surface area contributed by atoms with Crippen LogP contribution in [0.15, 0.2) is 35.7 Å². The van der Waals surface area contributed by atoms with Crippen molar-refractivity contribution in [1.82, 2.24) is 0 Å². The van der Waals surface area contributed by atoms with E-state index >= 15 is 0 Å². The monoisotopic (exact) mass is 246 g/mol. The standard InChI is InChI=1S/C14H14O2S/c1-10-8-11(5-6-12(10)9-16-2)14(15)13-4-3-7-17-13/h3-8H,9H2,1-2H3. The fourth-order valence-electron chi connectivity index (χ4n) is 1.70.